The molecule has 1 amide bonds. The molecule has 1 atom stereocenters. The van der Waals surface area contributed by atoms with E-state index in [4.69, 9.17) is 4.74 Å². The summed E-state index contributed by atoms with van der Waals surface area (Å²) in [5.74, 6) is 0.0583. The molecule has 0 bridgehead atoms. The van der Waals surface area contributed by atoms with Crippen LogP contribution in [0.3, 0.4) is 0 Å². The molecule has 8 heteroatoms. The maximum Gasteiger partial charge on any atom is 0.253 e. The minimum absolute atomic E-state index is 0.142. The predicted molar refractivity (Wildman–Crippen MR) is 118 cm³/mol. The molecule has 1 N–H and O–H groups in total. The Hall–Kier alpha value is -1.48. The number of nitrogens with zero attached hydrogens (tertiary/aromatic N) is 2. The Labute approximate surface area is 180 Å². The standard InChI is InChI=1S/C22H35N3O4S/c1-3-18-30(27,28)25-16-14-24(15-17-25)22(12-8-5-9-13-22)21(29-2)23-20(26)19-10-6-4-7-11-19/h4,6-7,10-11,21H,3,5,8-9,12-18H2,1-2H3,(H,23,26). The van der Waals surface area contributed by atoms with Crippen LogP contribution in [0, 0.1) is 0 Å². The number of hydrogen-bond donors (Lipinski definition) is 1. The smallest absolute Gasteiger partial charge is 0.253 e. The molecule has 1 aromatic rings. The van der Waals surface area contributed by atoms with Crippen molar-refractivity contribution < 1.29 is 17.9 Å². The molecular formula is C22H35N3O4S. The maximum atomic E-state index is 12.8. The number of ether oxygens (including phenoxy) is 1. The highest BCUT2D eigenvalue weighted by Gasteiger charge is 2.47. The Morgan fingerprint density at radius 1 is 1.10 bits per heavy atom. The van der Waals surface area contributed by atoms with E-state index >= 15 is 0 Å². The van der Waals surface area contributed by atoms with Crippen LogP contribution in [0.15, 0.2) is 30.3 Å². The quantitative estimate of drug-likeness (QED) is 0.632. The van der Waals surface area contributed by atoms with Gasteiger partial charge < -0.3 is 10.1 Å². The molecule has 1 aromatic carbocycles. The van der Waals surface area contributed by atoms with Crippen LogP contribution in [0.25, 0.3) is 0 Å². The molecule has 1 unspecified atom stereocenters. The lowest BCUT2D eigenvalue weighted by Crippen LogP contribution is -2.67. The fourth-order valence-corrected chi connectivity index (χ4v) is 6.41. The van der Waals surface area contributed by atoms with Crippen molar-refractivity contribution in [2.45, 2.75) is 57.2 Å². The number of hydrogen-bond acceptors (Lipinski definition) is 5. The van der Waals surface area contributed by atoms with E-state index in [1.54, 1.807) is 23.5 Å². The van der Waals surface area contributed by atoms with E-state index in [0.717, 1.165) is 25.7 Å². The van der Waals surface area contributed by atoms with Crippen molar-refractivity contribution in [2.24, 2.45) is 0 Å². The number of methoxy groups -OCH3 is 1. The zero-order valence-electron chi connectivity index (χ0n) is 18.2. The molecule has 3 rings (SSSR count). The topological polar surface area (TPSA) is 79.0 Å². The first kappa shape index (κ1) is 23.2. The second-order valence-electron chi connectivity index (χ2n) is 8.32. The van der Waals surface area contributed by atoms with Crippen molar-refractivity contribution in [2.75, 3.05) is 39.0 Å². The van der Waals surface area contributed by atoms with Crippen LogP contribution < -0.4 is 5.32 Å². The van der Waals surface area contributed by atoms with Crippen molar-refractivity contribution in [1.29, 1.82) is 0 Å². The minimum atomic E-state index is -3.18. The van der Waals surface area contributed by atoms with Gasteiger partial charge in [-0.2, -0.15) is 4.31 Å². The second-order valence-corrected chi connectivity index (χ2v) is 10.4. The summed E-state index contributed by atoms with van der Waals surface area (Å²) >= 11 is 0. The summed E-state index contributed by atoms with van der Waals surface area (Å²) in [6, 6.07) is 9.19. The molecule has 1 heterocycles. The van der Waals surface area contributed by atoms with E-state index in [1.165, 1.54) is 6.42 Å². The van der Waals surface area contributed by atoms with Gasteiger partial charge >= 0.3 is 0 Å². The minimum Gasteiger partial charge on any atom is -0.360 e. The molecule has 0 radical (unpaired) electrons. The van der Waals surface area contributed by atoms with Crippen molar-refractivity contribution in [3.8, 4) is 0 Å². The summed E-state index contributed by atoms with van der Waals surface area (Å²) < 4.78 is 32.4. The molecule has 1 saturated carbocycles. The zero-order chi connectivity index (χ0) is 21.6. The summed E-state index contributed by atoms with van der Waals surface area (Å²) in [5, 5.41) is 3.12. The van der Waals surface area contributed by atoms with Crippen molar-refractivity contribution in [3.05, 3.63) is 35.9 Å². The van der Waals surface area contributed by atoms with Gasteiger partial charge in [0.2, 0.25) is 10.0 Å². The van der Waals surface area contributed by atoms with Gasteiger partial charge in [0.05, 0.1) is 11.3 Å². The van der Waals surface area contributed by atoms with Gasteiger partial charge in [-0.15, -0.1) is 0 Å². The number of amides is 1. The van der Waals surface area contributed by atoms with E-state index < -0.39 is 16.3 Å². The molecule has 7 nitrogen and oxygen atoms in total. The Bertz CT molecular complexity index is 786. The summed E-state index contributed by atoms with van der Waals surface area (Å²) in [5.41, 5.74) is 0.305. The number of piperazine rings is 1. The Morgan fingerprint density at radius 2 is 1.73 bits per heavy atom. The highest BCUT2D eigenvalue weighted by Crippen LogP contribution is 2.38. The molecule has 0 spiro atoms. The Kier molecular flexibility index (Phi) is 7.90. The lowest BCUT2D eigenvalue weighted by atomic mass is 9.78. The van der Waals surface area contributed by atoms with E-state index in [-0.39, 0.29) is 17.2 Å². The summed E-state index contributed by atoms with van der Waals surface area (Å²) in [7, 11) is -1.54. The average Bonchev–Trinajstić information content (AvgIpc) is 2.78. The Morgan fingerprint density at radius 3 is 2.30 bits per heavy atom. The van der Waals surface area contributed by atoms with Gasteiger partial charge in [-0.1, -0.05) is 44.4 Å². The number of carbonyl (C=O) groups is 1. The van der Waals surface area contributed by atoms with Gasteiger partial charge in [-0.3, -0.25) is 9.69 Å². The van der Waals surface area contributed by atoms with Crippen LogP contribution in [0.2, 0.25) is 0 Å². The number of carbonyl (C=O) groups excluding carboxylic acids is 1. The molecule has 1 aliphatic heterocycles. The normalized spacial score (nSPS) is 21.8. The molecule has 30 heavy (non-hydrogen) atoms. The molecule has 2 aliphatic rings. The molecule has 2 fully saturated rings. The molecular weight excluding hydrogens is 402 g/mol. The number of rotatable bonds is 8. The van der Waals surface area contributed by atoms with Crippen LogP contribution in [0.5, 0.6) is 0 Å². The van der Waals surface area contributed by atoms with E-state index in [2.05, 4.69) is 10.2 Å². The van der Waals surface area contributed by atoms with Crippen LogP contribution in [0.4, 0.5) is 0 Å². The lowest BCUT2D eigenvalue weighted by molar-refractivity contribution is -0.0942. The van der Waals surface area contributed by atoms with Crippen molar-refractivity contribution >= 4 is 15.9 Å². The first-order chi connectivity index (χ1) is 14.4. The van der Waals surface area contributed by atoms with Crippen LogP contribution in [-0.2, 0) is 14.8 Å². The van der Waals surface area contributed by atoms with Crippen LogP contribution in [-0.4, -0.2) is 74.3 Å². The third kappa shape index (κ3) is 5.04. The highest BCUT2D eigenvalue weighted by molar-refractivity contribution is 7.89. The third-order valence-corrected chi connectivity index (χ3v) is 8.54. The number of sulfonamides is 1. The summed E-state index contributed by atoms with van der Waals surface area (Å²) in [4.78, 5) is 15.2. The first-order valence-corrected chi connectivity index (χ1v) is 12.7. The fourth-order valence-electron chi connectivity index (χ4n) is 4.91. The van der Waals surface area contributed by atoms with Crippen LogP contribution in [0.1, 0.15) is 55.8 Å². The molecule has 1 aliphatic carbocycles. The average molecular weight is 438 g/mol. The zero-order valence-corrected chi connectivity index (χ0v) is 19.0. The SMILES string of the molecule is CCCS(=O)(=O)N1CCN(C2(C(NC(=O)c3ccccc3)OC)CCCCC2)CC1. The van der Waals surface area contributed by atoms with E-state index in [9.17, 15) is 13.2 Å². The fraction of sp³-hybridized carbons (Fsp3) is 0.682. The molecule has 1 saturated heterocycles. The number of benzene rings is 1. The predicted octanol–water partition coefficient (Wildman–Crippen LogP) is 2.45. The van der Waals surface area contributed by atoms with Gasteiger partial charge in [-0.05, 0) is 31.4 Å². The monoisotopic (exact) mass is 437 g/mol. The van der Waals surface area contributed by atoms with Gasteiger partial charge in [0.15, 0.2) is 0 Å². The largest absolute Gasteiger partial charge is 0.360 e. The van der Waals surface area contributed by atoms with Gasteiger partial charge in [-0.25, -0.2) is 8.42 Å². The van der Waals surface area contributed by atoms with Crippen molar-refractivity contribution in [1.82, 2.24) is 14.5 Å². The molecule has 0 aromatic heterocycles. The second kappa shape index (κ2) is 10.2. The molecule has 168 valence electrons. The van der Waals surface area contributed by atoms with Gasteiger partial charge in [0, 0.05) is 38.9 Å². The summed E-state index contributed by atoms with van der Waals surface area (Å²) in [6.07, 6.45) is 5.39. The van der Waals surface area contributed by atoms with E-state index in [0.29, 0.717) is 38.2 Å². The first-order valence-electron chi connectivity index (χ1n) is 11.0. The van der Waals surface area contributed by atoms with Crippen molar-refractivity contribution in [3.63, 3.8) is 0 Å². The third-order valence-electron chi connectivity index (χ3n) is 6.47. The maximum absolute atomic E-state index is 12.8. The Balaban J connectivity index is 1.76. The van der Waals surface area contributed by atoms with E-state index in [1.807, 2.05) is 25.1 Å². The van der Waals surface area contributed by atoms with Gasteiger partial charge in [0.25, 0.3) is 5.91 Å². The number of nitrogens with one attached hydrogen (secondary N) is 1. The summed E-state index contributed by atoms with van der Waals surface area (Å²) in [6.45, 7) is 4.19. The van der Waals surface area contributed by atoms with Gasteiger partial charge in [0.1, 0.15) is 6.23 Å². The highest BCUT2D eigenvalue weighted by atomic mass is 32.2. The van der Waals surface area contributed by atoms with Crippen LogP contribution >= 0.6 is 0 Å². The lowest BCUT2D eigenvalue weighted by Gasteiger charge is -2.52.